The van der Waals surface area contributed by atoms with Gasteiger partial charge in [0.15, 0.2) is 0 Å². The normalized spacial score (nSPS) is 16.2. The summed E-state index contributed by atoms with van der Waals surface area (Å²) in [6.07, 6.45) is 1.70. The summed E-state index contributed by atoms with van der Waals surface area (Å²) in [5, 5.41) is 2.71. The zero-order chi connectivity index (χ0) is 23.8. The largest absolute Gasteiger partial charge is 0.468 e. The van der Waals surface area contributed by atoms with Crippen molar-refractivity contribution in [3.8, 4) is 11.3 Å². The lowest BCUT2D eigenvalue weighted by atomic mass is 10.1. The molecule has 2 aliphatic heterocycles. The summed E-state index contributed by atoms with van der Waals surface area (Å²) < 4.78 is 5.47. The maximum Gasteiger partial charge on any atom is 0.264 e. The first-order chi connectivity index (χ1) is 17.2. The molecule has 35 heavy (non-hydrogen) atoms. The first-order valence-corrected chi connectivity index (χ1v) is 12.5. The van der Waals surface area contributed by atoms with Crippen molar-refractivity contribution in [2.45, 2.75) is 13.1 Å². The lowest BCUT2D eigenvalue weighted by molar-refractivity contribution is 0.0642. The van der Waals surface area contributed by atoms with E-state index in [0.717, 1.165) is 60.4 Å². The summed E-state index contributed by atoms with van der Waals surface area (Å²) in [6, 6.07) is 19.4. The van der Waals surface area contributed by atoms with E-state index in [0.29, 0.717) is 11.1 Å². The molecule has 0 spiro atoms. The van der Waals surface area contributed by atoms with Gasteiger partial charge in [-0.25, -0.2) is 4.98 Å². The maximum absolute atomic E-state index is 13.5. The molecule has 2 aliphatic rings. The van der Waals surface area contributed by atoms with Gasteiger partial charge in [-0.15, -0.1) is 11.3 Å². The number of rotatable bonds is 6. The van der Waals surface area contributed by atoms with Crippen molar-refractivity contribution in [2.75, 3.05) is 31.1 Å². The number of furan rings is 1. The van der Waals surface area contributed by atoms with Gasteiger partial charge in [0.2, 0.25) is 0 Å². The van der Waals surface area contributed by atoms with Gasteiger partial charge in [-0.2, -0.15) is 0 Å². The Labute approximate surface area is 207 Å². The van der Waals surface area contributed by atoms with E-state index in [1.165, 1.54) is 16.2 Å². The van der Waals surface area contributed by atoms with E-state index in [-0.39, 0.29) is 18.4 Å². The Morgan fingerprint density at radius 2 is 1.69 bits per heavy atom. The molecule has 2 aromatic carbocycles. The Morgan fingerprint density at radius 3 is 2.46 bits per heavy atom. The van der Waals surface area contributed by atoms with Gasteiger partial charge in [0, 0.05) is 37.1 Å². The van der Waals surface area contributed by atoms with Crippen LogP contribution in [-0.4, -0.2) is 52.8 Å². The van der Waals surface area contributed by atoms with Crippen molar-refractivity contribution >= 4 is 28.8 Å². The maximum atomic E-state index is 13.5. The number of carbonyl (C=O) groups is 2. The first-order valence-electron chi connectivity index (χ1n) is 11.7. The van der Waals surface area contributed by atoms with Crippen molar-refractivity contribution in [3.63, 3.8) is 0 Å². The van der Waals surface area contributed by atoms with Gasteiger partial charge in [0.25, 0.3) is 11.8 Å². The molecule has 6 rings (SSSR count). The molecule has 0 saturated carbocycles. The van der Waals surface area contributed by atoms with Gasteiger partial charge in [0.05, 0.1) is 41.9 Å². The Bertz CT molecular complexity index is 1360. The van der Waals surface area contributed by atoms with E-state index < -0.39 is 0 Å². The lowest BCUT2D eigenvalue weighted by Crippen LogP contribution is -2.46. The molecule has 0 radical (unpaired) electrons. The van der Waals surface area contributed by atoms with Crippen molar-refractivity contribution in [1.29, 1.82) is 0 Å². The summed E-state index contributed by atoms with van der Waals surface area (Å²) in [6.45, 7) is 4.24. The minimum absolute atomic E-state index is 0.181. The van der Waals surface area contributed by atoms with E-state index in [1.54, 1.807) is 12.3 Å². The van der Waals surface area contributed by atoms with Crippen LogP contribution < -0.4 is 4.90 Å². The van der Waals surface area contributed by atoms with Gasteiger partial charge in [-0.3, -0.25) is 19.4 Å². The summed E-state index contributed by atoms with van der Waals surface area (Å²) in [4.78, 5) is 37.2. The Balaban J connectivity index is 1.18. The molecule has 1 fully saturated rings. The standard InChI is InChI=1S/C27H24N4O3S/c32-26-21-9-4-10-23(30-13-11-29(12-14-30)16-20-8-5-15-34-20)25(21)27(33)31(26)17-24-28-22(18-35-24)19-6-2-1-3-7-19/h1-10,15,18H,11-14,16-17H2. The average Bonchev–Trinajstić information content (AvgIpc) is 3.64. The van der Waals surface area contributed by atoms with Crippen LogP contribution in [0, 0.1) is 0 Å². The molecule has 176 valence electrons. The highest BCUT2D eigenvalue weighted by Crippen LogP contribution is 2.34. The number of anilines is 1. The average molecular weight is 485 g/mol. The molecule has 0 N–H and O–H groups in total. The highest BCUT2D eigenvalue weighted by atomic mass is 32.1. The molecule has 4 heterocycles. The van der Waals surface area contributed by atoms with Gasteiger partial charge in [-0.05, 0) is 24.3 Å². The van der Waals surface area contributed by atoms with Crippen molar-refractivity contribution < 1.29 is 14.0 Å². The second-order valence-electron chi connectivity index (χ2n) is 8.73. The minimum Gasteiger partial charge on any atom is -0.468 e. The molecule has 0 unspecified atom stereocenters. The van der Waals surface area contributed by atoms with E-state index in [2.05, 4.69) is 14.8 Å². The Kier molecular flexibility index (Phi) is 5.67. The molecule has 0 aliphatic carbocycles. The molecule has 2 aromatic heterocycles. The number of nitrogens with zero attached hydrogens (tertiary/aromatic N) is 4. The number of benzene rings is 2. The predicted octanol–water partition coefficient (Wildman–Crippen LogP) is 4.52. The fraction of sp³-hybridized carbons (Fsp3) is 0.222. The van der Waals surface area contributed by atoms with Crippen molar-refractivity contribution in [1.82, 2.24) is 14.8 Å². The minimum atomic E-state index is -0.250. The van der Waals surface area contributed by atoms with E-state index >= 15 is 0 Å². The second kappa shape index (κ2) is 9.13. The quantitative estimate of drug-likeness (QED) is 0.375. The number of hydrogen-bond acceptors (Lipinski definition) is 7. The number of aromatic nitrogens is 1. The fourth-order valence-corrected chi connectivity index (χ4v) is 5.54. The van der Waals surface area contributed by atoms with E-state index in [9.17, 15) is 9.59 Å². The topological polar surface area (TPSA) is 69.9 Å². The van der Waals surface area contributed by atoms with Crippen LogP contribution in [0.3, 0.4) is 0 Å². The van der Waals surface area contributed by atoms with Crippen LogP contribution in [0.1, 0.15) is 31.5 Å². The van der Waals surface area contributed by atoms with Crippen molar-refractivity contribution in [2.24, 2.45) is 0 Å². The molecule has 0 atom stereocenters. The highest BCUT2D eigenvalue weighted by molar-refractivity contribution is 7.10. The van der Waals surface area contributed by atoms with Gasteiger partial charge >= 0.3 is 0 Å². The highest BCUT2D eigenvalue weighted by Gasteiger charge is 2.39. The summed E-state index contributed by atoms with van der Waals surface area (Å²) in [7, 11) is 0. The number of hydrogen-bond donors (Lipinski definition) is 0. The van der Waals surface area contributed by atoms with E-state index in [1.807, 2.05) is 60.0 Å². The zero-order valence-corrected chi connectivity index (χ0v) is 19.9. The monoisotopic (exact) mass is 484 g/mol. The Hall–Kier alpha value is -3.75. The summed E-state index contributed by atoms with van der Waals surface area (Å²) in [5.41, 5.74) is 3.70. The smallest absolute Gasteiger partial charge is 0.264 e. The SMILES string of the molecule is O=C1c2cccc(N3CCN(Cc4ccco4)CC3)c2C(=O)N1Cc1nc(-c2ccccc2)cs1. The van der Waals surface area contributed by atoms with Crippen LogP contribution in [0.25, 0.3) is 11.3 Å². The Morgan fingerprint density at radius 1 is 0.857 bits per heavy atom. The number of fused-ring (bicyclic) bond motifs is 1. The molecule has 7 nitrogen and oxygen atoms in total. The molecule has 4 aromatic rings. The van der Waals surface area contributed by atoms with Crippen LogP contribution >= 0.6 is 11.3 Å². The van der Waals surface area contributed by atoms with Gasteiger partial charge in [-0.1, -0.05) is 36.4 Å². The number of piperazine rings is 1. The van der Waals surface area contributed by atoms with Crippen LogP contribution in [0.2, 0.25) is 0 Å². The van der Waals surface area contributed by atoms with Gasteiger partial charge in [0.1, 0.15) is 10.8 Å². The third-order valence-electron chi connectivity index (χ3n) is 6.56. The molecule has 8 heteroatoms. The summed E-state index contributed by atoms with van der Waals surface area (Å²) in [5.74, 6) is 0.461. The molecule has 1 saturated heterocycles. The third-order valence-corrected chi connectivity index (χ3v) is 7.40. The molecule has 0 bridgehead atoms. The summed E-state index contributed by atoms with van der Waals surface area (Å²) >= 11 is 1.47. The number of imide groups is 1. The molecular formula is C27H24N4O3S. The van der Waals surface area contributed by atoms with E-state index in [4.69, 9.17) is 4.42 Å². The van der Waals surface area contributed by atoms with Crippen molar-refractivity contribution in [3.05, 3.63) is 94.2 Å². The number of amides is 2. The number of carbonyl (C=O) groups excluding carboxylic acids is 2. The number of thiazole rings is 1. The van der Waals surface area contributed by atoms with Crippen LogP contribution in [0.15, 0.2) is 76.7 Å². The fourth-order valence-electron chi connectivity index (χ4n) is 4.75. The van der Waals surface area contributed by atoms with Crippen LogP contribution in [0.5, 0.6) is 0 Å². The lowest BCUT2D eigenvalue weighted by Gasteiger charge is -2.36. The van der Waals surface area contributed by atoms with Crippen LogP contribution in [0.4, 0.5) is 5.69 Å². The second-order valence-corrected chi connectivity index (χ2v) is 9.67. The van der Waals surface area contributed by atoms with Gasteiger partial charge < -0.3 is 9.32 Å². The zero-order valence-electron chi connectivity index (χ0n) is 19.1. The first kappa shape index (κ1) is 21.8. The molecule has 2 amide bonds. The molecular weight excluding hydrogens is 460 g/mol. The van der Waals surface area contributed by atoms with Crippen LogP contribution in [-0.2, 0) is 13.1 Å². The predicted molar refractivity (Wildman–Crippen MR) is 134 cm³/mol. The third kappa shape index (κ3) is 4.15.